The first-order valence-electron chi connectivity index (χ1n) is 8.99. The number of aryl methyl sites for hydroxylation is 2. The Morgan fingerprint density at radius 3 is 2.37 bits per heavy atom. The molecule has 2 amide bonds. The maximum Gasteiger partial charge on any atom is 0.333 e. The fourth-order valence-corrected chi connectivity index (χ4v) is 4.99. The number of hydrogen-bond acceptors (Lipinski definition) is 6. The molecular formula is C18H21N5O3S. The van der Waals surface area contributed by atoms with Gasteiger partial charge in [-0.05, 0) is 66.8 Å². The molecule has 4 rings (SSSR count). The van der Waals surface area contributed by atoms with Crippen LogP contribution in [0.15, 0.2) is 23.4 Å². The number of nitrogens with zero attached hydrogens (tertiary/aromatic N) is 2. The number of carbonyl (C=O) groups is 1. The lowest BCUT2D eigenvalue weighted by Crippen LogP contribution is -2.35. The summed E-state index contributed by atoms with van der Waals surface area (Å²) >= 11 is 0. The maximum absolute atomic E-state index is 12.6. The molecule has 0 aliphatic heterocycles. The Morgan fingerprint density at radius 1 is 1.07 bits per heavy atom. The van der Waals surface area contributed by atoms with E-state index in [4.69, 9.17) is 0 Å². The molecular weight excluding hydrogens is 366 g/mol. The molecule has 0 saturated heterocycles. The standard InChI is InChI=1S/C18H21N5O3S/c1-19-15-8-9-20-22-17(15)27(25,26)23-18(24)21-16-13-6-2-4-11(13)10-12-5-3-7-14(12)16/h8-10H,2-7H2,1H3,(H,19,20)(H2,21,23,24). The highest BCUT2D eigenvalue weighted by atomic mass is 32.2. The van der Waals surface area contributed by atoms with Crippen LogP contribution in [0, 0.1) is 0 Å². The third-order valence-electron chi connectivity index (χ3n) is 5.15. The lowest BCUT2D eigenvalue weighted by molar-refractivity contribution is 0.256. The van der Waals surface area contributed by atoms with E-state index >= 15 is 0 Å². The minimum Gasteiger partial charge on any atom is -0.386 e. The maximum atomic E-state index is 12.6. The number of amides is 2. The smallest absolute Gasteiger partial charge is 0.333 e. The van der Waals surface area contributed by atoms with Gasteiger partial charge in [0.15, 0.2) is 0 Å². The SMILES string of the molecule is CNc1ccnnc1S(=O)(=O)NC(=O)Nc1c2c(cc3c1CCC3)CCC2. The number of aromatic nitrogens is 2. The second kappa shape index (κ2) is 6.80. The summed E-state index contributed by atoms with van der Waals surface area (Å²) < 4.78 is 27.2. The molecule has 0 unspecified atom stereocenters. The molecule has 3 N–H and O–H groups in total. The summed E-state index contributed by atoms with van der Waals surface area (Å²) in [5.74, 6) is 0. The molecule has 0 saturated carbocycles. The van der Waals surface area contributed by atoms with Crippen LogP contribution >= 0.6 is 0 Å². The molecule has 2 aliphatic carbocycles. The summed E-state index contributed by atoms with van der Waals surface area (Å²) in [7, 11) is -2.57. The van der Waals surface area contributed by atoms with Crippen LogP contribution in [0.1, 0.15) is 35.1 Å². The van der Waals surface area contributed by atoms with Crippen molar-refractivity contribution in [3.63, 3.8) is 0 Å². The van der Waals surface area contributed by atoms with E-state index in [-0.39, 0.29) is 10.7 Å². The first kappa shape index (κ1) is 17.7. The number of urea groups is 1. The molecule has 0 radical (unpaired) electrons. The number of fused-ring (bicyclic) bond motifs is 2. The first-order chi connectivity index (χ1) is 13.0. The molecule has 2 aliphatic rings. The summed E-state index contributed by atoms with van der Waals surface area (Å²) in [5, 5.41) is 12.5. The third kappa shape index (κ3) is 3.23. The summed E-state index contributed by atoms with van der Waals surface area (Å²) in [4.78, 5) is 12.5. The molecule has 0 spiro atoms. The fourth-order valence-electron chi connectivity index (χ4n) is 3.98. The summed E-state index contributed by atoms with van der Waals surface area (Å²) in [6.07, 6.45) is 7.29. The van der Waals surface area contributed by atoms with E-state index in [1.165, 1.54) is 23.4 Å². The second-order valence-corrected chi connectivity index (χ2v) is 8.39. The second-order valence-electron chi connectivity index (χ2n) is 6.79. The highest BCUT2D eigenvalue weighted by Gasteiger charge is 2.27. The van der Waals surface area contributed by atoms with Gasteiger partial charge in [0.2, 0.25) is 5.03 Å². The monoisotopic (exact) mass is 387 g/mol. The molecule has 27 heavy (non-hydrogen) atoms. The zero-order chi connectivity index (χ0) is 19.0. The zero-order valence-electron chi connectivity index (χ0n) is 15.0. The minimum absolute atomic E-state index is 0.270. The highest BCUT2D eigenvalue weighted by molar-refractivity contribution is 7.90. The number of nitrogens with one attached hydrogen (secondary N) is 3. The van der Waals surface area contributed by atoms with Crippen LogP contribution in [0.2, 0.25) is 0 Å². The highest BCUT2D eigenvalue weighted by Crippen LogP contribution is 2.38. The van der Waals surface area contributed by atoms with Gasteiger partial charge in [-0.15, -0.1) is 5.10 Å². The fraction of sp³-hybridized carbons (Fsp3) is 0.389. The van der Waals surface area contributed by atoms with Crippen molar-refractivity contribution in [2.45, 2.75) is 43.6 Å². The molecule has 1 heterocycles. The average molecular weight is 387 g/mol. The minimum atomic E-state index is -4.15. The third-order valence-corrected chi connectivity index (χ3v) is 6.41. The van der Waals surface area contributed by atoms with E-state index in [9.17, 15) is 13.2 Å². The molecule has 1 aromatic heterocycles. The van der Waals surface area contributed by atoms with Gasteiger partial charge in [0, 0.05) is 12.7 Å². The van der Waals surface area contributed by atoms with E-state index in [0.717, 1.165) is 55.3 Å². The predicted octanol–water partition coefficient (Wildman–Crippen LogP) is 2.01. The summed E-state index contributed by atoms with van der Waals surface area (Å²) in [6, 6.07) is 2.96. The Kier molecular flexibility index (Phi) is 4.47. The molecule has 142 valence electrons. The van der Waals surface area contributed by atoms with Crippen LogP contribution in [-0.4, -0.2) is 31.7 Å². The van der Waals surface area contributed by atoms with E-state index in [1.807, 2.05) is 0 Å². The van der Waals surface area contributed by atoms with Gasteiger partial charge in [0.25, 0.3) is 10.0 Å². The Labute approximate surface area is 157 Å². The van der Waals surface area contributed by atoms with Crippen LogP contribution in [0.3, 0.4) is 0 Å². The molecule has 1 aromatic carbocycles. The van der Waals surface area contributed by atoms with Crippen molar-refractivity contribution in [3.8, 4) is 0 Å². The number of carbonyl (C=O) groups excluding carboxylic acids is 1. The largest absolute Gasteiger partial charge is 0.386 e. The zero-order valence-corrected chi connectivity index (χ0v) is 15.8. The Morgan fingerprint density at radius 2 is 1.74 bits per heavy atom. The van der Waals surface area contributed by atoms with Crippen LogP contribution in [0.4, 0.5) is 16.2 Å². The van der Waals surface area contributed by atoms with Crippen molar-refractivity contribution in [1.82, 2.24) is 14.9 Å². The van der Waals surface area contributed by atoms with Crippen LogP contribution in [0.5, 0.6) is 0 Å². The van der Waals surface area contributed by atoms with Gasteiger partial charge in [-0.2, -0.15) is 13.5 Å². The number of hydrogen-bond donors (Lipinski definition) is 3. The van der Waals surface area contributed by atoms with Gasteiger partial charge >= 0.3 is 6.03 Å². The van der Waals surface area contributed by atoms with Crippen molar-refractivity contribution >= 4 is 27.4 Å². The summed E-state index contributed by atoms with van der Waals surface area (Å²) in [5.41, 5.74) is 5.86. The first-order valence-corrected chi connectivity index (χ1v) is 10.5. The van der Waals surface area contributed by atoms with Crippen LogP contribution in [0.25, 0.3) is 0 Å². The molecule has 8 nitrogen and oxygen atoms in total. The van der Waals surface area contributed by atoms with E-state index in [2.05, 4.69) is 31.6 Å². The van der Waals surface area contributed by atoms with Gasteiger partial charge in [-0.25, -0.2) is 9.52 Å². The Hall–Kier alpha value is -2.68. The predicted molar refractivity (Wildman–Crippen MR) is 101 cm³/mol. The topological polar surface area (TPSA) is 113 Å². The number of benzene rings is 1. The van der Waals surface area contributed by atoms with Crippen molar-refractivity contribution in [1.29, 1.82) is 0 Å². The molecule has 0 fully saturated rings. The van der Waals surface area contributed by atoms with Gasteiger partial charge in [-0.1, -0.05) is 6.07 Å². The van der Waals surface area contributed by atoms with E-state index in [0.29, 0.717) is 0 Å². The van der Waals surface area contributed by atoms with Crippen molar-refractivity contribution < 1.29 is 13.2 Å². The van der Waals surface area contributed by atoms with E-state index in [1.54, 1.807) is 7.05 Å². The Bertz CT molecular complexity index is 988. The van der Waals surface area contributed by atoms with E-state index < -0.39 is 16.1 Å². The lowest BCUT2D eigenvalue weighted by Gasteiger charge is -2.16. The van der Waals surface area contributed by atoms with Crippen molar-refractivity contribution in [2.75, 3.05) is 17.7 Å². The molecule has 9 heteroatoms. The van der Waals surface area contributed by atoms with Crippen LogP contribution < -0.4 is 15.4 Å². The molecule has 0 atom stereocenters. The van der Waals surface area contributed by atoms with Gasteiger partial charge in [0.1, 0.15) is 0 Å². The number of rotatable bonds is 4. The normalized spacial score (nSPS) is 15.1. The number of anilines is 2. The summed E-state index contributed by atoms with van der Waals surface area (Å²) in [6.45, 7) is 0. The van der Waals surface area contributed by atoms with Crippen molar-refractivity contribution in [2.24, 2.45) is 0 Å². The van der Waals surface area contributed by atoms with Crippen molar-refractivity contribution in [3.05, 3.63) is 40.6 Å². The molecule has 0 bridgehead atoms. The molecule has 2 aromatic rings. The lowest BCUT2D eigenvalue weighted by atomic mass is 9.99. The van der Waals surface area contributed by atoms with Gasteiger partial charge in [0.05, 0.1) is 11.9 Å². The van der Waals surface area contributed by atoms with Crippen LogP contribution in [-0.2, 0) is 35.7 Å². The quantitative estimate of drug-likeness (QED) is 0.740. The Balaban J connectivity index is 1.61. The number of sulfonamides is 1. The van der Waals surface area contributed by atoms with Gasteiger partial charge in [-0.3, -0.25) is 0 Å². The average Bonchev–Trinajstić information content (AvgIpc) is 3.30. The van der Waals surface area contributed by atoms with Gasteiger partial charge < -0.3 is 10.6 Å².